The molecule has 0 bridgehead atoms. The molecule has 0 fully saturated rings. The van der Waals surface area contributed by atoms with Crippen molar-refractivity contribution in [1.82, 2.24) is 10.0 Å². The molecule has 1 amide bonds. The summed E-state index contributed by atoms with van der Waals surface area (Å²) in [5, 5.41) is 2.75. The van der Waals surface area contributed by atoms with Gasteiger partial charge in [0.25, 0.3) is 5.91 Å². The summed E-state index contributed by atoms with van der Waals surface area (Å²) in [6.07, 6.45) is 1.69. The zero-order valence-corrected chi connectivity index (χ0v) is 11.7. The number of hydrogen-bond donors (Lipinski definition) is 3. The molecule has 6 nitrogen and oxygen atoms in total. The molecule has 1 aromatic carbocycles. The van der Waals surface area contributed by atoms with Crippen molar-refractivity contribution in [3.05, 3.63) is 29.8 Å². The molecule has 19 heavy (non-hydrogen) atoms. The number of carbonyl (C=O) groups excluding carboxylic acids is 1. The molecule has 0 spiro atoms. The number of carbonyl (C=O) groups is 1. The number of hydrogen-bond acceptors (Lipinski definition) is 4. The number of amides is 1. The normalized spacial score (nSPS) is 11.3. The van der Waals surface area contributed by atoms with Crippen LogP contribution in [0.4, 0.5) is 0 Å². The van der Waals surface area contributed by atoms with Crippen LogP contribution in [-0.4, -0.2) is 34.5 Å². The summed E-state index contributed by atoms with van der Waals surface area (Å²) in [6, 6.07) is 5.78. The first kappa shape index (κ1) is 15.6. The summed E-state index contributed by atoms with van der Waals surface area (Å²) >= 11 is 0. The fourth-order valence-electron chi connectivity index (χ4n) is 1.48. The lowest BCUT2D eigenvalue weighted by atomic mass is 10.2. The van der Waals surface area contributed by atoms with Crippen LogP contribution in [0.2, 0.25) is 0 Å². The smallest absolute Gasteiger partial charge is 0.251 e. The van der Waals surface area contributed by atoms with Gasteiger partial charge in [-0.15, -0.1) is 0 Å². The molecule has 0 heterocycles. The van der Waals surface area contributed by atoms with Crippen molar-refractivity contribution in [2.24, 2.45) is 5.73 Å². The molecule has 0 saturated carbocycles. The van der Waals surface area contributed by atoms with E-state index in [1.807, 2.05) is 0 Å². The van der Waals surface area contributed by atoms with Crippen molar-refractivity contribution in [2.45, 2.75) is 17.7 Å². The van der Waals surface area contributed by atoms with Crippen LogP contribution in [0.5, 0.6) is 0 Å². The summed E-state index contributed by atoms with van der Waals surface area (Å²) < 4.78 is 25.2. The van der Waals surface area contributed by atoms with E-state index < -0.39 is 10.0 Å². The lowest BCUT2D eigenvalue weighted by Gasteiger charge is -2.06. The Morgan fingerprint density at radius 1 is 1.21 bits per heavy atom. The molecule has 0 atom stereocenters. The summed E-state index contributed by atoms with van der Waals surface area (Å²) in [5.74, 6) is -0.217. The minimum atomic E-state index is -3.46. The molecule has 7 heteroatoms. The van der Waals surface area contributed by atoms with Crippen LogP contribution in [0.25, 0.3) is 0 Å². The van der Waals surface area contributed by atoms with Gasteiger partial charge in [0.2, 0.25) is 10.0 Å². The second-order valence-electron chi connectivity index (χ2n) is 3.98. The number of rotatable bonds is 7. The fraction of sp³-hybridized carbons (Fsp3) is 0.417. The Balaban J connectivity index is 2.64. The summed E-state index contributed by atoms with van der Waals surface area (Å²) in [6.45, 7) is 1.17. The van der Waals surface area contributed by atoms with Gasteiger partial charge in [0.1, 0.15) is 0 Å². The Bertz CT molecular complexity index is 512. The number of sulfonamides is 1. The quantitative estimate of drug-likeness (QED) is 0.617. The van der Waals surface area contributed by atoms with Crippen molar-refractivity contribution in [1.29, 1.82) is 0 Å². The van der Waals surface area contributed by atoms with E-state index in [9.17, 15) is 13.2 Å². The molecular weight excluding hydrogens is 266 g/mol. The molecule has 0 aromatic heterocycles. The highest BCUT2D eigenvalue weighted by atomic mass is 32.2. The van der Waals surface area contributed by atoms with Gasteiger partial charge in [-0.1, -0.05) is 0 Å². The Hall–Kier alpha value is -1.44. The zero-order chi connectivity index (χ0) is 14.3. The van der Waals surface area contributed by atoms with E-state index >= 15 is 0 Å². The van der Waals surface area contributed by atoms with Crippen molar-refractivity contribution >= 4 is 15.9 Å². The van der Waals surface area contributed by atoms with Gasteiger partial charge in [0.15, 0.2) is 0 Å². The molecule has 0 aliphatic carbocycles. The number of benzene rings is 1. The summed E-state index contributed by atoms with van der Waals surface area (Å²) in [7, 11) is -2.12. The third kappa shape index (κ3) is 4.62. The molecule has 1 aromatic rings. The molecular formula is C12H19N3O3S. The van der Waals surface area contributed by atoms with E-state index in [-0.39, 0.29) is 10.8 Å². The highest BCUT2D eigenvalue weighted by molar-refractivity contribution is 7.89. The van der Waals surface area contributed by atoms with E-state index in [1.165, 1.54) is 31.3 Å². The molecule has 0 radical (unpaired) electrons. The summed E-state index contributed by atoms with van der Waals surface area (Å²) in [5.41, 5.74) is 5.78. The Labute approximate surface area is 113 Å². The van der Waals surface area contributed by atoms with Crippen LogP contribution < -0.4 is 15.8 Å². The van der Waals surface area contributed by atoms with Gasteiger partial charge in [0.05, 0.1) is 4.90 Å². The first-order valence-corrected chi connectivity index (χ1v) is 7.51. The lowest BCUT2D eigenvalue weighted by molar-refractivity contribution is 0.0953. The molecule has 0 aliphatic rings. The van der Waals surface area contributed by atoms with Crippen molar-refractivity contribution in [3.63, 3.8) is 0 Å². The summed E-state index contributed by atoms with van der Waals surface area (Å²) in [4.78, 5) is 11.9. The van der Waals surface area contributed by atoms with Gasteiger partial charge in [-0.05, 0) is 50.7 Å². The fourth-order valence-corrected chi connectivity index (χ4v) is 2.21. The van der Waals surface area contributed by atoms with Crippen LogP contribution in [0, 0.1) is 0 Å². The predicted octanol–water partition coefficient (Wildman–Crippen LogP) is 0.0634. The zero-order valence-electron chi connectivity index (χ0n) is 10.8. The molecule has 106 valence electrons. The number of nitrogens with one attached hydrogen (secondary N) is 2. The molecule has 1 rings (SSSR count). The minimum absolute atomic E-state index is 0.134. The van der Waals surface area contributed by atoms with Crippen LogP contribution in [0.3, 0.4) is 0 Å². The van der Waals surface area contributed by atoms with Crippen molar-refractivity contribution < 1.29 is 13.2 Å². The average molecular weight is 285 g/mol. The van der Waals surface area contributed by atoms with E-state index in [1.54, 1.807) is 0 Å². The van der Waals surface area contributed by atoms with Crippen LogP contribution in [0.1, 0.15) is 23.2 Å². The van der Waals surface area contributed by atoms with Gasteiger partial charge in [0, 0.05) is 12.1 Å². The topological polar surface area (TPSA) is 101 Å². The highest BCUT2D eigenvalue weighted by Gasteiger charge is 2.12. The van der Waals surface area contributed by atoms with Gasteiger partial charge in [-0.25, -0.2) is 13.1 Å². The van der Waals surface area contributed by atoms with E-state index in [2.05, 4.69) is 10.0 Å². The molecule has 0 unspecified atom stereocenters. The van der Waals surface area contributed by atoms with Gasteiger partial charge in [-0.2, -0.15) is 0 Å². The first-order valence-electron chi connectivity index (χ1n) is 6.03. The molecule has 4 N–H and O–H groups in total. The van der Waals surface area contributed by atoms with Crippen molar-refractivity contribution in [3.8, 4) is 0 Å². The first-order chi connectivity index (χ1) is 9.01. The van der Waals surface area contributed by atoms with Gasteiger partial charge in [-0.3, -0.25) is 4.79 Å². The Morgan fingerprint density at radius 2 is 1.84 bits per heavy atom. The monoisotopic (exact) mass is 285 g/mol. The third-order valence-corrected chi connectivity index (χ3v) is 4.04. The van der Waals surface area contributed by atoms with Crippen LogP contribution in [0.15, 0.2) is 29.2 Å². The standard InChI is InChI=1S/C12H19N3O3S/c1-14-19(17,18)11-6-4-10(5-7-11)12(16)15-9-3-2-8-13/h4-7,14H,2-3,8-9,13H2,1H3,(H,15,16). The Morgan fingerprint density at radius 3 is 2.37 bits per heavy atom. The largest absolute Gasteiger partial charge is 0.352 e. The molecule has 0 aliphatic heterocycles. The second-order valence-corrected chi connectivity index (χ2v) is 5.87. The van der Waals surface area contributed by atoms with Crippen molar-refractivity contribution in [2.75, 3.05) is 20.1 Å². The second kappa shape index (κ2) is 7.22. The van der Waals surface area contributed by atoms with E-state index in [0.29, 0.717) is 18.7 Å². The number of unbranched alkanes of at least 4 members (excludes halogenated alkanes) is 1. The Kier molecular flexibility index (Phi) is 5.94. The van der Waals surface area contributed by atoms with Gasteiger partial charge >= 0.3 is 0 Å². The highest BCUT2D eigenvalue weighted by Crippen LogP contribution is 2.10. The number of nitrogens with two attached hydrogens (primary N) is 1. The lowest BCUT2D eigenvalue weighted by Crippen LogP contribution is -2.25. The SMILES string of the molecule is CNS(=O)(=O)c1ccc(C(=O)NCCCCN)cc1. The maximum Gasteiger partial charge on any atom is 0.251 e. The van der Waals surface area contributed by atoms with Crippen LogP contribution in [-0.2, 0) is 10.0 Å². The predicted molar refractivity (Wildman–Crippen MR) is 73.3 cm³/mol. The van der Waals surface area contributed by atoms with E-state index in [4.69, 9.17) is 5.73 Å². The maximum absolute atomic E-state index is 11.7. The minimum Gasteiger partial charge on any atom is -0.352 e. The van der Waals surface area contributed by atoms with Gasteiger partial charge < -0.3 is 11.1 Å². The maximum atomic E-state index is 11.7. The van der Waals surface area contributed by atoms with E-state index in [0.717, 1.165) is 12.8 Å². The molecule has 0 saturated heterocycles. The van der Waals surface area contributed by atoms with Crippen LogP contribution >= 0.6 is 0 Å². The average Bonchev–Trinajstić information content (AvgIpc) is 2.43. The third-order valence-electron chi connectivity index (χ3n) is 2.61.